The van der Waals surface area contributed by atoms with Crippen molar-refractivity contribution in [3.8, 4) is 0 Å². The summed E-state index contributed by atoms with van der Waals surface area (Å²) in [4.78, 5) is 11.4. The third-order valence-electron chi connectivity index (χ3n) is 2.28. The molecule has 0 spiro atoms. The first-order valence-electron chi connectivity index (χ1n) is 5.99. The molecule has 0 aliphatic heterocycles. The second kappa shape index (κ2) is 5.44. The number of hydrogen-bond donors (Lipinski definition) is 2. The van der Waals surface area contributed by atoms with Crippen LogP contribution in [-0.2, 0) is 4.74 Å². The van der Waals surface area contributed by atoms with E-state index in [0.29, 0.717) is 6.67 Å². The van der Waals surface area contributed by atoms with Crippen LogP contribution < -0.4 is 10.6 Å². The van der Waals surface area contributed by atoms with Crippen molar-refractivity contribution in [2.45, 2.75) is 26.4 Å². The number of ether oxygens (including phenoxy) is 1. The van der Waals surface area contributed by atoms with Crippen LogP contribution in [0.3, 0.4) is 0 Å². The Morgan fingerprint density at radius 2 is 2.21 bits per heavy atom. The maximum absolute atomic E-state index is 11.4. The van der Waals surface area contributed by atoms with Gasteiger partial charge in [-0.2, -0.15) is 4.37 Å². The van der Waals surface area contributed by atoms with Gasteiger partial charge in [-0.3, -0.25) is 0 Å². The van der Waals surface area contributed by atoms with E-state index in [1.54, 1.807) is 0 Å². The summed E-state index contributed by atoms with van der Waals surface area (Å²) in [7, 11) is 0. The van der Waals surface area contributed by atoms with E-state index in [9.17, 15) is 4.79 Å². The summed E-state index contributed by atoms with van der Waals surface area (Å²) >= 11 is 1.45. The minimum absolute atomic E-state index is 0.319. The van der Waals surface area contributed by atoms with Crippen LogP contribution in [0.2, 0.25) is 0 Å². The number of fused-ring (bicyclic) bond motifs is 1. The predicted molar refractivity (Wildman–Crippen MR) is 77.5 cm³/mol. The second-order valence-electron chi connectivity index (χ2n) is 5.11. The normalized spacial score (nSPS) is 11.3. The van der Waals surface area contributed by atoms with E-state index < -0.39 is 11.7 Å². The molecule has 1 heterocycles. The van der Waals surface area contributed by atoms with Gasteiger partial charge >= 0.3 is 6.09 Å². The summed E-state index contributed by atoms with van der Waals surface area (Å²) in [5.41, 5.74) is 0.457. The fourth-order valence-electron chi connectivity index (χ4n) is 1.50. The second-order valence-corrected chi connectivity index (χ2v) is 5.94. The van der Waals surface area contributed by atoms with Crippen molar-refractivity contribution in [3.63, 3.8) is 0 Å². The molecule has 0 aliphatic rings. The Morgan fingerprint density at radius 3 is 2.95 bits per heavy atom. The highest BCUT2D eigenvalue weighted by atomic mass is 32.1. The molecule has 2 N–H and O–H groups in total. The van der Waals surface area contributed by atoms with Crippen molar-refractivity contribution in [1.29, 1.82) is 0 Å². The van der Waals surface area contributed by atoms with Crippen LogP contribution >= 0.6 is 11.5 Å². The predicted octanol–water partition coefficient (Wildman–Crippen LogP) is 3.19. The molecule has 102 valence electrons. The number of hydrogen-bond acceptors (Lipinski definition) is 5. The van der Waals surface area contributed by atoms with Crippen LogP contribution in [0, 0.1) is 0 Å². The Morgan fingerprint density at radius 1 is 1.42 bits per heavy atom. The third kappa shape index (κ3) is 4.10. The Bertz CT molecular complexity index is 575. The van der Waals surface area contributed by atoms with Crippen molar-refractivity contribution < 1.29 is 9.53 Å². The summed E-state index contributed by atoms with van der Waals surface area (Å²) < 4.78 is 10.4. The van der Waals surface area contributed by atoms with Crippen LogP contribution in [0.15, 0.2) is 24.4 Å². The van der Waals surface area contributed by atoms with Crippen LogP contribution in [0.25, 0.3) is 10.1 Å². The fraction of sp³-hybridized carbons (Fsp3) is 0.385. The summed E-state index contributed by atoms with van der Waals surface area (Å²) in [5.74, 6) is 0. The lowest BCUT2D eigenvalue weighted by Gasteiger charge is -2.19. The molecule has 1 aromatic heterocycles. The molecule has 0 aliphatic carbocycles. The molecule has 2 rings (SSSR count). The van der Waals surface area contributed by atoms with E-state index >= 15 is 0 Å². The lowest BCUT2D eigenvalue weighted by atomic mass is 10.2. The first-order chi connectivity index (χ1) is 8.94. The number of carbonyl (C=O) groups excluding carboxylic acids is 1. The van der Waals surface area contributed by atoms with E-state index in [-0.39, 0.29) is 0 Å². The first kappa shape index (κ1) is 13.6. The number of alkyl carbamates (subject to hydrolysis) is 1. The Balaban J connectivity index is 1.83. The Hall–Kier alpha value is -1.82. The monoisotopic (exact) mass is 279 g/mol. The largest absolute Gasteiger partial charge is 0.444 e. The molecule has 2 aromatic rings. The smallest absolute Gasteiger partial charge is 0.409 e. The molecule has 0 unspecified atom stereocenters. The van der Waals surface area contributed by atoms with Gasteiger partial charge in [0.2, 0.25) is 0 Å². The van der Waals surface area contributed by atoms with Gasteiger partial charge in [0.05, 0.1) is 11.4 Å². The minimum Gasteiger partial charge on any atom is -0.444 e. The molecule has 0 fully saturated rings. The van der Waals surface area contributed by atoms with Crippen LogP contribution in [0.1, 0.15) is 20.8 Å². The summed E-state index contributed by atoms with van der Waals surface area (Å²) in [6, 6.07) is 5.95. The van der Waals surface area contributed by atoms with Crippen molar-refractivity contribution in [2.75, 3.05) is 12.0 Å². The lowest BCUT2D eigenvalue weighted by Crippen LogP contribution is -2.35. The number of aromatic nitrogens is 1. The van der Waals surface area contributed by atoms with Crippen molar-refractivity contribution >= 4 is 33.4 Å². The molecule has 0 bridgehead atoms. The molecule has 0 saturated carbocycles. The molecular weight excluding hydrogens is 262 g/mol. The molecule has 1 aromatic carbocycles. The number of rotatable bonds is 3. The highest BCUT2D eigenvalue weighted by Gasteiger charge is 2.15. The topological polar surface area (TPSA) is 63.2 Å². The average molecular weight is 279 g/mol. The third-order valence-corrected chi connectivity index (χ3v) is 3.04. The number of amides is 1. The van der Waals surface area contributed by atoms with Gasteiger partial charge in [-0.25, -0.2) is 4.79 Å². The van der Waals surface area contributed by atoms with Gasteiger partial charge in [0, 0.05) is 17.3 Å². The van der Waals surface area contributed by atoms with E-state index in [1.807, 2.05) is 45.2 Å². The average Bonchev–Trinajstić information content (AvgIpc) is 2.73. The van der Waals surface area contributed by atoms with E-state index in [0.717, 1.165) is 15.8 Å². The first-order valence-corrected chi connectivity index (χ1v) is 6.76. The van der Waals surface area contributed by atoms with E-state index in [2.05, 4.69) is 15.0 Å². The maximum atomic E-state index is 11.4. The standard InChI is InChI=1S/C13H17N3O2S/c1-13(2,3)18-12(17)15-8-14-10-5-4-9-7-16-19-11(9)6-10/h4-7,14H,8H2,1-3H3,(H,15,17). The van der Waals surface area contributed by atoms with Gasteiger partial charge in [0.1, 0.15) is 5.60 Å². The van der Waals surface area contributed by atoms with Crippen LogP contribution in [-0.4, -0.2) is 22.7 Å². The summed E-state index contributed by atoms with van der Waals surface area (Å²) in [6.07, 6.45) is 1.40. The Kier molecular flexibility index (Phi) is 3.90. The zero-order valence-corrected chi connectivity index (χ0v) is 12.0. The zero-order chi connectivity index (χ0) is 13.9. The number of anilines is 1. The molecule has 0 radical (unpaired) electrons. The quantitative estimate of drug-likeness (QED) is 0.847. The van der Waals surface area contributed by atoms with Gasteiger partial charge in [-0.15, -0.1) is 0 Å². The van der Waals surface area contributed by atoms with E-state index in [1.165, 1.54) is 11.5 Å². The summed E-state index contributed by atoms with van der Waals surface area (Å²) in [6.45, 7) is 5.81. The van der Waals surface area contributed by atoms with Gasteiger partial charge in [-0.1, -0.05) is 0 Å². The number of nitrogens with one attached hydrogen (secondary N) is 2. The van der Waals surface area contributed by atoms with Gasteiger partial charge in [-0.05, 0) is 50.5 Å². The minimum atomic E-state index is -0.481. The molecule has 0 saturated heterocycles. The molecule has 5 nitrogen and oxygen atoms in total. The highest BCUT2D eigenvalue weighted by molar-refractivity contribution is 7.13. The number of nitrogens with zero attached hydrogens (tertiary/aromatic N) is 1. The number of benzene rings is 1. The SMILES string of the molecule is CC(C)(C)OC(=O)NCNc1ccc2cnsc2c1. The fourth-order valence-corrected chi connectivity index (χ4v) is 2.19. The van der Waals surface area contributed by atoms with Gasteiger partial charge < -0.3 is 15.4 Å². The zero-order valence-electron chi connectivity index (χ0n) is 11.2. The molecule has 6 heteroatoms. The van der Waals surface area contributed by atoms with Crippen molar-refractivity contribution in [1.82, 2.24) is 9.69 Å². The lowest BCUT2D eigenvalue weighted by molar-refractivity contribution is 0.0532. The van der Waals surface area contributed by atoms with Crippen molar-refractivity contribution in [2.24, 2.45) is 0 Å². The molecule has 1 amide bonds. The van der Waals surface area contributed by atoms with Crippen LogP contribution in [0.4, 0.5) is 10.5 Å². The Labute approximate surface area is 116 Å². The molecule has 0 atom stereocenters. The van der Waals surface area contributed by atoms with Crippen molar-refractivity contribution in [3.05, 3.63) is 24.4 Å². The number of carbonyl (C=O) groups is 1. The maximum Gasteiger partial charge on any atom is 0.409 e. The van der Waals surface area contributed by atoms with Gasteiger partial charge in [0.25, 0.3) is 0 Å². The highest BCUT2D eigenvalue weighted by Crippen LogP contribution is 2.21. The van der Waals surface area contributed by atoms with E-state index in [4.69, 9.17) is 4.74 Å². The molecule has 19 heavy (non-hydrogen) atoms. The summed E-state index contributed by atoms with van der Waals surface area (Å²) in [5, 5.41) is 6.88. The van der Waals surface area contributed by atoms with Gasteiger partial charge in [0.15, 0.2) is 0 Å². The molecular formula is C13H17N3O2S. The van der Waals surface area contributed by atoms with Crippen LogP contribution in [0.5, 0.6) is 0 Å².